The molecular formula is C23H32O. The lowest BCUT2D eigenvalue weighted by Gasteiger charge is -2.42. The van der Waals surface area contributed by atoms with Gasteiger partial charge in [-0.15, -0.1) is 0 Å². The second-order valence-electron chi connectivity index (χ2n) is 7.58. The zero-order valence-electron chi connectivity index (χ0n) is 15.3. The van der Waals surface area contributed by atoms with Crippen LogP contribution in [0.4, 0.5) is 0 Å². The molecule has 2 aliphatic carbocycles. The fourth-order valence-corrected chi connectivity index (χ4v) is 4.53. The van der Waals surface area contributed by atoms with E-state index in [4.69, 9.17) is 4.74 Å². The van der Waals surface area contributed by atoms with E-state index in [1.54, 1.807) is 0 Å². The van der Waals surface area contributed by atoms with E-state index >= 15 is 0 Å². The van der Waals surface area contributed by atoms with Gasteiger partial charge in [-0.3, -0.25) is 0 Å². The number of hydrogen-bond acceptors (Lipinski definition) is 1. The molecule has 1 unspecified atom stereocenters. The maximum atomic E-state index is 6.09. The molecule has 2 aliphatic rings. The summed E-state index contributed by atoms with van der Waals surface area (Å²) >= 11 is 0. The van der Waals surface area contributed by atoms with Crippen molar-refractivity contribution < 1.29 is 4.74 Å². The molecular weight excluding hydrogens is 292 g/mol. The van der Waals surface area contributed by atoms with Gasteiger partial charge < -0.3 is 4.74 Å². The topological polar surface area (TPSA) is 9.23 Å². The van der Waals surface area contributed by atoms with E-state index in [1.807, 2.05) is 7.11 Å². The molecule has 130 valence electrons. The summed E-state index contributed by atoms with van der Waals surface area (Å²) in [6, 6.07) is 10.7. The number of ether oxygens (including phenoxy) is 1. The number of rotatable bonds is 6. The van der Waals surface area contributed by atoms with Gasteiger partial charge in [-0.25, -0.2) is 0 Å². The summed E-state index contributed by atoms with van der Waals surface area (Å²) in [4.78, 5) is 0. The van der Waals surface area contributed by atoms with E-state index in [0.717, 1.165) is 12.3 Å². The molecule has 0 spiro atoms. The molecule has 0 radical (unpaired) electrons. The largest absolute Gasteiger partial charge is 0.374 e. The van der Waals surface area contributed by atoms with Crippen molar-refractivity contribution in [2.75, 3.05) is 7.11 Å². The monoisotopic (exact) mass is 324 g/mol. The van der Waals surface area contributed by atoms with Gasteiger partial charge in [0.05, 0.1) is 5.60 Å². The molecule has 1 saturated carbocycles. The molecule has 1 nitrogen and oxygen atoms in total. The second-order valence-corrected chi connectivity index (χ2v) is 7.58. The molecule has 0 saturated heterocycles. The molecule has 0 N–H and O–H groups in total. The first-order chi connectivity index (χ1) is 11.8. The van der Waals surface area contributed by atoms with E-state index in [0.29, 0.717) is 5.92 Å². The molecule has 1 aromatic carbocycles. The van der Waals surface area contributed by atoms with Crippen molar-refractivity contribution in [3.8, 4) is 0 Å². The molecule has 0 amide bonds. The van der Waals surface area contributed by atoms with Crippen molar-refractivity contribution in [2.45, 2.75) is 63.9 Å². The smallest absolute Gasteiger partial charge is 0.0924 e. The number of hydrogen-bond donors (Lipinski definition) is 0. The standard InChI is InChI=1S/C23H32O/c1-3-4-8-19-11-13-22(14-12-19)23(24-2)17-15-21(16-18-23)20-9-6-5-7-10-20/h5-7,9-10,15-17,19,22H,3-4,8,11-14,18H2,1-2H3. The van der Waals surface area contributed by atoms with Crippen LogP contribution in [0.25, 0.3) is 5.57 Å². The van der Waals surface area contributed by atoms with E-state index in [-0.39, 0.29) is 5.60 Å². The summed E-state index contributed by atoms with van der Waals surface area (Å²) in [6.07, 6.45) is 17.6. The van der Waals surface area contributed by atoms with Crippen LogP contribution in [0.15, 0.2) is 48.6 Å². The molecule has 0 aliphatic heterocycles. The van der Waals surface area contributed by atoms with Crippen LogP contribution in [0.2, 0.25) is 0 Å². The Balaban J connectivity index is 1.63. The number of benzene rings is 1. The first kappa shape index (κ1) is 17.5. The van der Waals surface area contributed by atoms with Gasteiger partial charge in [-0.2, -0.15) is 0 Å². The third-order valence-electron chi connectivity index (χ3n) is 6.18. The Bertz CT molecular complexity index is 563. The fourth-order valence-electron chi connectivity index (χ4n) is 4.53. The van der Waals surface area contributed by atoms with Crippen LogP contribution in [-0.2, 0) is 4.74 Å². The van der Waals surface area contributed by atoms with Crippen LogP contribution in [0, 0.1) is 11.8 Å². The SMILES string of the molecule is CCCCC1CCC(C2(OC)C=CC(c3ccccc3)=CC2)CC1. The minimum absolute atomic E-state index is 0.0754. The lowest BCUT2D eigenvalue weighted by molar-refractivity contribution is -0.0342. The summed E-state index contributed by atoms with van der Waals surface area (Å²) in [5.41, 5.74) is 2.57. The molecule has 0 aromatic heterocycles. The molecule has 0 bridgehead atoms. The maximum Gasteiger partial charge on any atom is 0.0924 e. The Labute approximate surface area is 147 Å². The van der Waals surface area contributed by atoms with Crippen LogP contribution in [-0.4, -0.2) is 12.7 Å². The van der Waals surface area contributed by atoms with E-state index in [2.05, 4.69) is 55.5 Å². The van der Waals surface area contributed by atoms with Crippen molar-refractivity contribution in [1.82, 2.24) is 0 Å². The van der Waals surface area contributed by atoms with Crippen LogP contribution in [0.1, 0.15) is 63.9 Å². The van der Waals surface area contributed by atoms with Gasteiger partial charge in [0, 0.05) is 7.11 Å². The summed E-state index contributed by atoms with van der Waals surface area (Å²) in [6.45, 7) is 2.30. The first-order valence-electron chi connectivity index (χ1n) is 9.77. The highest BCUT2D eigenvalue weighted by Crippen LogP contribution is 2.43. The van der Waals surface area contributed by atoms with Gasteiger partial charge in [-0.05, 0) is 42.2 Å². The van der Waals surface area contributed by atoms with Gasteiger partial charge in [0.1, 0.15) is 0 Å². The molecule has 3 rings (SSSR count). The highest BCUT2D eigenvalue weighted by atomic mass is 16.5. The summed E-state index contributed by atoms with van der Waals surface area (Å²) in [5.74, 6) is 1.63. The molecule has 24 heavy (non-hydrogen) atoms. The van der Waals surface area contributed by atoms with Gasteiger partial charge in [0.2, 0.25) is 0 Å². The minimum atomic E-state index is -0.0754. The van der Waals surface area contributed by atoms with Crippen molar-refractivity contribution in [3.63, 3.8) is 0 Å². The molecule has 0 heterocycles. The molecule has 1 fully saturated rings. The summed E-state index contributed by atoms with van der Waals surface area (Å²) < 4.78 is 6.09. The molecule has 1 aromatic rings. The maximum absolute atomic E-state index is 6.09. The van der Waals surface area contributed by atoms with E-state index < -0.39 is 0 Å². The average molecular weight is 325 g/mol. The highest BCUT2D eigenvalue weighted by Gasteiger charge is 2.39. The Morgan fingerprint density at radius 1 is 1.08 bits per heavy atom. The summed E-state index contributed by atoms with van der Waals surface area (Å²) in [7, 11) is 1.90. The van der Waals surface area contributed by atoms with Crippen LogP contribution in [0.5, 0.6) is 0 Å². The van der Waals surface area contributed by atoms with Crippen molar-refractivity contribution in [3.05, 3.63) is 54.1 Å². The Morgan fingerprint density at radius 3 is 2.42 bits per heavy atom. The number of allylic oxidation sites excluding steroid dienone is 2. The third kappa shape index (κ3) is 3.83. The van der Waals surface area contributed by atoms with Crippen LogP contribution in [0.3, 0.4) is 0 Å². The van der Waals surface area contributed by atoms with Crippen molar-refractivity contribution >= 4 is 5.57 Å². The summed E-state index contributed by atoms with van der Waals surface area (Å²) in [5, 5.41) is 0. The van der Waals surface area contributed by atoms with Crippen LogP contribution >= 0.6 is 0 Å². The van der Waals surface area contributed by atoms with Gasteiger partial charge in [0.15, 0.2) is 0 Å². The zero-order valence-corrected chi connectivity index (χ0v) is 15.3. The lowest BCUT2D eigenvalue weighted by atomic mass is 9.69. The first-order valence-corrected chi connectivity index (χ1v) is 9.77. The Kier molecular flexibility index (Phi) is 5.94. The van der Waals surface area contributed by atoms with E-state index in [9.17, 15) is 0 Å². The van der Waals surface area contributed by atoms with Crippen molar-refractivity contribution in [2.24, 2.45) is 11.8 Å². The number of unbranched alkanes of at least 4 members (excludes halogenated alkanes) is 1. The highest BCUT2D eigenvalue weighted by molar-refractivity contribution is 5.75. The predicted molar refractivity (Wildman–Crippen MR) is 103 cm³/mol. The van der Waals surface area contributed by atoms with Gasteiger partial charge in [-0.1, -0.05) is 87.6 Å². The average Bonchev–Trinajstić information content (AvgIpc) is 2.67. The minimum Gasteiger partial charge on any atom is -0.374 e. The van der Waals surface area contributed by atoms with Crippen molar-refractivity contribution in [1.29, 1.82) is 0 Å². The molecule has 1 heteroatoms. The Morgan fingerprint density at radius 2 is 1.83 bits per heavy atom. The van der Waals surface area contributed by atoms with E-state index in [1.165, 1.54) is 56.1 Å². The fraction of sp³-hybridized carbons (Fsp3) is 0.565. The molecule has 1 atom stereocenters. The Hall–Kier alpha value is -1.34. The van der Waals surface area contributed by atoms with Crippen LogP contribution < -0.4 is 0 Å². The van der Waals surface area contributed by atoms with Gasteiger partial charge in [0.25, 0.3) is 0 Å². The quantitative estimate of drug-likeness (QED) is 0.587. The zero-order chi connectivity index (χ0) is 16.8. The lowest BCUT2D eigenvalue weighted by Crippen LogP contribution is -2.40. The van der Waals surface area contributed by atoms with Gasteiger partial charge >= 0.3 is 0 Å². The number of methoxy groups -OCH3 is 1. The predicted octanol–water partition coefficient (Wildman–Crippen LogP) is 6.41. The second kappa shape index (κ2) is 8.16. The normalized spacial score (nSPS) is 30.2. The third-order valence-corrected chi connectivity index (χ3v) is 6.18.